The van der Waals surface area contributed by atoms with Gasteiger partial charge >= 0.3 is 0 Å². The summed E-state index contributed by atoms with van der Waals surface area (Å²) in [7, 11) is 0. The van der Waals surface area contributed by atoms with Crippen molar-refractivity contribution in [1.82, 2.24) is 0 Å². The standard InChI is InChI=1S/C14H17NOS/c1-2-12(5-8-16-7-1)15-13-3-4-14-11(10-13)6-9-17-14/h3-4,6,9-10,12,15H,1-2,5,7-8H2. The lowest BCUT2D eigenvalue weighted by molar-refractivity contribution is 0.144. The highest BCUT2D eigenvalue weighted by molar-refractivity contribution is 7.17. The monoisotopic (exact) mass is 247 g/mol. The molecular weight excluding hydrogens is 230 g/mol. The van der Waals surface area contributed by atoms with Crippen molar-refractivity contribution in [3.05, 3.63) is 29.6 Å². The van der Waals surface area contributed by atoms with Crippen LogP contribution in [0.4, 0.5) is 5.69 Å². The van der Waals surface area contributed by atoms with Gasteiger partial charge in [-0.05, 0) is 54.3 Å². The van der Waals surface area contributed by atoms with Gasteiger partial charge in [-0.3, -0.25) is 0 Å². The van der Waals surface area contributed by atoms with Crippen LogP contribution in [0.1, 0.15) is 19.3 Å². The zero-order valence-electron chi connectivity index (χ0n) is 9.82. The number of hydrogen-bond acceptors (Lipinski definition) is 3. The van der Waals surface area contributed by atoms with Crippen LogP contribution in [0.25, 0.3) is 10.1 Å². The molecule has 90 valence electrons. The van der Waals surface area contributed by atoms with Crippen molar-refractivity contribution in [1.29, 1.82) is 0 Å². The molecule has 1 fully saturated rings. The van der Waals surface area contributed by atoms with Gasteiger partial charge in [0.2, 0.25) is 0 Å². The normalized spacial score (nSPS) is 21.3. The van der Waals surface area contributed by atoms with Crippen LogP contribution in [0.2, 0.25) is 0 Å². The zero-order valence-corrected chi connectivity index (χ0v) is 10.6. The fraction of sp³-hybridized carbons (Fsp3) is 0.429. The molecule has 17 heavy (non-hydrogen) atoms. The van der Waals surface area contributed by atoms with Crippen LogP contribution in [0.3, 0.4) is 0 Å². The molecule has 3 heteroatoms. The number of hydrogen-bond donors (Lipinski definition) is 1. The summed E-state index contributed by atoms with van der Waals surface area (Å²) in [5.41, 5.74) is 1.24. The van der Waals surface area contributed by atoms with Gasteiger partial charge in [-0.25, -0.2) is 0 Å². The molecule has 0 radical (unpaired) electrons. The maximum atomic E-state index is 5.48. The van der Waals surface area contributed by atoms with E-state index < -0.39 is 0 Å². The summed E-state index contributed by atoms with van der Waals surface area (Å²) in [6, 6.07) is 9.38. The Bertz CT molecular complexity index is 486. The van der Waals surface area contributed by atoms with E-state index in [1.165, 1.54) is 28.6 Å². The smallest absolute Gasteiger partial charge is 0.0485 e. The van der Waals surface area contributed by atoms with Gasteiger partial charge in [-0.2, -0.15) is 0 Å². The van der Waals surface area contributed by atoms with Gasteiger partial charge in [0.15, 0.2) is 0 Å². The number of nitrogens with one attached hydrogen (secondary N) is 1. The van der Waals surface area contributed by atoms with Crippen molar-refractivity contribution >= 4 is 27.1 Å². The first-order chi connectivity index (χ1) is 8.42. The first-order valence-electron chi connectivity index (χ1n) is 6.23. The van der Waals surface area contributed by atoms with Crippen molar-refractivity contribution in [2.75, 3.05) is 18.5 Å². The Morgan fingerprint density at radius 3 is 3.18 bits per heavy atom. The van der Waals surface area contributed by atoms with E-state index in [9.17, 15) is 0 Å². The third-order valence-electron chi connectivity index (χ3n) is 3.28. The summed E-state index contributed by atoms with van der Waals surface area (Å²) >= 11 is 1.80. The largest absolute Gasteiger partial charge is 0.382 e. The van der Waals surface area contributed by atoms with Crippen LogP contribution in [0.15, 0.2) is 29.6 Å². The van der Waals surface area contributed by atoms with Gasteiger partial charge in [0.1, 0.15) is 0 Å². The molecule has 0 spiro atoms. The second kappa shape index (κ2) is 5.07. The van der Waals surface area contributed by atoms with Crippen LogP contribution < -0.4 is 5.32 Å². The fourth-order valence-electron chi connectivity index (χ4n) is 2.34. The molecule has 1 atom stereocenters. The fourth-order valence-corrected chi connectivity index (χ4v) is 3.11. The molecule has 1 aliphatic heterocycles. The highest BCUT2D eigenvalue weighted by atomic mass is 32.1. The summed E-state index contributed by atoms with van der Waals surface area (Å²) in [5.74, 6) is 0. The Morgan fingerprint density at radius 2 is 2.18 bits per heavy atom. The molecule has 2 aromatic rings. The number of rotatable bonds is 2. The molecular formula is C14H17NOS. The third-order valence-corrected chi connectivity index (χ3v) is 4.17. The van der Waals surface area contributed by atoms with E-state index in [1.54, 1.807) is 11.3 Å². The topological polar surface area (TPSA) is 21.3 Å². The Balaban J connectivity index is 1.74. The van der Waals surface area contributed by atoms with Crippen molar-refractivity contribution in [3.63, 3.8) is 0 Å². The number of benzene rings is 1. The van der Waals surface area contributed by atoms with Crippen molar-refractivity contribution in [2.24, 2.45) is 0 Å². The molecule has 0 amide bonds. The lowest BCUT2D eigenvalue weighted by Crippen LogP contribution is -2.19. The molecule has 1 saturated heterocycles. The Labute approximate surface area is 106 Å². The number of ether oxygens (including phenoxy) is 1. The summed E-state index contributed by atoms with van der Waals surface area (Å²) in [4.78, 5) is 0. The van der Waals surface area contributed by atoms with Crippen LogP contribution in [-0.2, 0) is 4.74 Å². The maximum absolute atomic E-state index is 5.48. The molecule has 0 bridgehead atoms. The minimum Gasteiger partial charge on any atom is -0.382 e. The summed E-state index contributed by atoms with van der Waals surface area (Å²) < 4.78 is 6.84. The minimum atomic E-state index is 0.564. The van der Waals surface area contributed by atoms with E-state index in [1.807, 2.05) is 0 Å². The zero-order chi connectivity index (χ0) is 11.5. The quantitative estimate of drug-likeness (QED) is 0.869. The molecule has 2 nitrogen and oxygen atoms in total. The first-order valence-corrected chi connectivity index (χ1v) is 7.11. The third kappa shape index (κ3) is 2.61. The number of fused-ring (bicyclic) bond motifs is 1. The average Bonchev–Trinajstić information content (AvgIpc) is 2.65. The highest BCUT2D eigenvalue weighted by Gasteiger charge is 2.12. The SMILES string of the molecule is c1cc2cc(NC3CCCOCC3)ccc2s1. The van der Waals surface area contributed by atoms with E-state index in [0.717, 1.165) is 19.6 Å². The predicted octanol–water partition coefficient (Wildman–Crippen LogP) is 3.88. The van der Waals surface area contributed by atoms with Crippen molar-refractivity contribution < 1.29 is 4.74 Å². The van der Waals surface area contributed by atoms with Crippen LogP contribution in [-0.4, -0.2) is 19.3 Å². The number of thiophene rings is 1. The molecule has 1 aliphatic rings. The van der Waals surface area contributed by atoms with Crippen LogP contribution in [0, 0.1) is 0 Å². The van der Waals surface area contributed by atoms with Gasteiger partial charge in [-0.15, -0.1) is 11.3 Å². The molecule has 1 N–H and O–H groups in total. The van der Waals surface area contributed by atoms with E-state index in [-0.39, 0.29) is 0 Å². The molecule has 1 aromatic carbocycles. The average molecular weight is 247 g/mol. The van der Waals surface area contributed by atoms with E-state index in [0.29, 0.717) is 6.04 Å². The van der Waals surface area contributed by atoms with Crippen molar-refractivity contribution in [2.45, 2.75) is 25.3 Å². The molecule has 1 unspecified atom stereocenters. The van der Waals surface area contributed by atoms with Gasteiger partial charge in [-0.1, -0.05) is 0 Å². The lowest BCUT2D eigenvalue weighted by Gasteiger charge is -2.17. The predicted molar refractivity (Wildman–Crippen MR) is 73.9 cm³/mol. The first kappa shape index (κ1) is 11.1. The van der Waals surface area contributed by atoms with Crippen molar-refractivity contribution in [3.8, 4) is 0 Å². The van der Waals surface area contributed by atoms with Gasteiger partial charge < -0.3 is 10.1 Å². The summed E-state index contributed by atoms with van der Waals surface area (Å²) in [6.07, 6.45) is 3.49. The molecule has 2 heterocycles. The van der Waals surface area contributed by atoms with Gasteiger partial charge in [0.05, 0.1) is 0 Å². The molecule has 3 rings (SSSR count). The maximum Gasteiger partial charge on any atom is 0.0485 e. The lowest BCUT2D eigenvalue weighted by atomic mass is 10.1. The Morgan fingerprint density at radius 1 is 1.18 bits per heavy atom. The Hall–Kier alpha value is -1.06. The summed E-state index contributed by atoms with van der Waals surface area (Å²) in [5, 5.41) is 7.11. The molecule has 1 aromatic heterocycles. The van der Waals surface area contributed by atoms with Gasteiger partial charge in [0.25, 0.3) is 0 Å². The van der Waals surface area contributed by atoms with Crippen LogP contribution >= 0.6 is 11.3 Å². The van der Waals surface area contributed by atoms with E-state index in [2.05, 4.69) is 35.0 Å². The molecule has 0 aliphatic carbocycles. The van der Waals surface area contributed by atoms with E-state index in [4.69, 9.17) is 4.74 Å². The minimum absolute atomic E-state index is 0.564. The highest BCUT2D eigenvalue weighted by Crippen LogP contribution is 2.25. The van der Waals surface area contributed by atoms with Gasteiger partial charge in [0, 0.05) is 29.6 Å². The summed E-state index contributed by atoms with van der Waals surface area (Å²) in [6.45, 7) is 1.81. The second-order valence-electron chi connectivity index (χ2n) is 4.56. The van der Waals surface area contributed by atoms with Crippen LogP contribution in [0.5, 0.6) is 0 Å². The number of anilines is 1. The van der Waals surface area contributed by atoms with E-state index >= 15 is 0 Å². The second-order valence-corrected chi connectivity index (χ2v) is 5.51. The molecule has 0 saturated carbocycles. The Kier molecular flexibility index (Phi) is 3.29.